The molecule has 4 heteroatoms. The van der Waals surface area contributed by atoms with Crippen LogP contribution in [0.15, 0.2) is 24.3 Å². The Hall–Kier alpha value is -0.240. The van der Waals surface area contributed by atoms with Crippen LogP contribution in [0.5, 0.6) is 0 Å². The molecule has 0 heterocycles. The van der Waals surface area contributed by atoms with Crippen LogP contribution in [0.25, 0.3) is 0 Å². The third-order valence-corrected chi connectivity index (χ3v) is 3.52. The number of benzene rings is 1. The van der Waals surface area contributed by atoms with Crippen molar-refractivity contribution in [3.63, 3.8) is 0 Å². The van der Waals surface area contributed by atoms with E-state index in [1.807, 2.05) is 31.2 Å². The average molecular weight is 276 g/mol. The fourth-order valence-corrected chi connectivity index (χ4v) is 2.62. The van der Waals surface area contributed by atoms with E-state index in [-0.39, 0.29) is 0 Å². The van der Waals surface area contributed by atoms with Crippen molar-refractivity contribution in [1.82, 2.24) is 0 Å². The number of alkyl halides is 1. The van der Waals surface area contributed by atoms with E-state index in [1.165, 1.54) is 0 Å². The molecular weight excluding hydrogens is 263 g/mol. The summed E-state index contributed by atoms with van der Waals surface area (Å²) in [6, 6.07) is 7.70. The first-order chi connectivity index (χ1) is 6.79. The van der Waals surface area contributed by atoms with Crippen LogP contribution in [0, 0.1) is 0 Å². The molecule has 0 radical (unpaired) electrons. The van der Waals surface area contributed by atoms with Gasteiger partial charge in [0, 0.05) is 10.9 Å². The standard InChI is InChI=1S/C10H13BrO2P/c1-2-13-14(12)10-6-4-3-5-9(10)7-8-11/h3-6H,2,7-8H2,1H3/q+1. The van der Waals surface area contributed by atoms with Gasteiger partial charge in [-0.15, -0.1) is 4.52 Å². The summed E-state index contributed by atoms with van der Waals surface area (Å²) in [6.07, 6.45) is 0.879. The molecular formula is C10H13BrO2P+. The zero-order chi connectivity index (χ0) is 10.4. The lowest BCUT2D eigenvalue weighted by Crippen LogP contribution is -2.06. The monoisotopic (exact) mass is 275 g/mol. The van der Waals surface area contributed by atoms with E-state index in [9.17, 15) is 4.57 Å². The van der Waals surface area contributed by atoms with Gasteiger partial charge in [-0.3, -0.25) is 0 Å². The molecule has 0 bridgehead atoms. The molecule has 0 aliphatic rings. The highest BCUT2D eigenvalue weighted by atomic mass is 79.9. The minimum Gasteiger partial charge on any atom is -0.142 e. The van der Waals surface area contributed by atoms with Gasteiger partial charge < -0.3 is 0 Å². The molecule has 0 aromatic heterocycles. The van der Waals surface area contributed by atoms with E-state index in [4.69, 9.17) is 4.52 Å². The average Bonchev–Trinajstić information content (AvgIpc) is 2.19. The molecule has 1 atom stereocenters. The molecule has 0 N–H and O–H groups in total. The lowest BCUT2D eigenvalue weighted by Gasteiger charge is -1.97. The Balaban J connectivity index is 2.88. The van der Waals surface area contributed by atoms with Gasteiger partial charge in [-0.25, -0.2) is 0 Å². The summed E-state index contributed by atoms with van der Waals surface area (Å²) in [7, 11) is -1.68. The van der Waals surface area contributed by atoms with Crippen molar-refractivity contribution in [2.75, 3.05) is 11.9 Å². The first-order valence-electron chi connectivity index (χ1n) is 4.53. The molecule has 0 amide bonds. The molecule has 0 aliphatic carbocycles. The Labute approximate surface area is 93.7 Å². The Morgan fingerprint density at radius 2 is 2.14 bits per heavy atom. The van der Waals surface area contributed by atoms with Gasteiger partial charge in [0.25, 0.3) is 0 Å². The van der Waals surface area contributed by atoms with Gasteiger partial charge in [-0.2, -0.15) is 0 Å². The quantitative estimate of drug-likeness (QED) is 0.610. The van der Waals surface area contributed by atoms with Crippen LogP contribution in [-0.4, -0.2) is 11.9 Å². The van der Waals surface area contributed by atoms with Crippen LogP contribution in [0.3, 0.4) is 0 Å². The van der Waals surface area contributed by atoms with E-state index in [0.717, 1.165) is 22.6 Å². The molecule has 14 heavy (non-hydrogen) atoms. The predicted molar refractivity (Wildman–Crippen MR) is 62.8 cm³/mol. The van der Waals surface area contributed by atoms with Gasteiger partial charge in [-0.05, 0) is 24.0 Å². The summed E-state index contributed by atoms with van der Waals surface area (Å²) in [5.74, 6) is 0. The highest BCUT2D eigenvalue weighted by Gasteiger charge is 2.24. The maximum Gasteiger partial charge on any atom is 0.548 e. The summed E-state index contributed by atoms with van der Waals surface area (Å²) in [4.78, 5) is 0. The lowest BCUT2D eigenvalue weighted by atomic mass is 10.2. The van der Waals surface area contributed by atoms with Crippen molar-refractivity contribution in [2.24, 2.45) is 0 Å². The van der Waals surface area contributed by atoms with Crippen molar-refractivity contribution in [2.45, 2.75) is 13.3 Å². The van der Waals surface area contributed by atoms with Gasteiger partial charge in [0.1, 0.15) is 6.61 Å². The zero-order valence-electron chi connectivity index (χ0n) is 8.07. The zero-order valence-corrected chi connectivity index (χ0v) is 10.6. The highest BCUT2D eigenvalue weighted by molar-refractivity contribution is 9.09. The maximum absolute atomic E-state index is 11.7. The number of halogens is 1. The molecule has 0 fully saturated rings. The summed E-state index contributed by atoms with van der Waals surface area (Å²) in [5, 5.41) is 1.70. The van der Waals surface area contributed by atoms with Gasteiger partial charge in [0.15, 0.2) is 0 Å². The molecule has 0 spiro atoms. The summed E-state index contributed by atoms with van der Waals surface area (Å²) < 4.78 is 16.8. The van der Waals surface area contributed by atoms with Crippen molar-refractivity contribution in [3.05, 3.63) is 29.8 Å². The molecule has 1 rings (SSSR count). The molecule has 0 saturated heterocycles. The van der Waals surface area contributed by atoms with Crippen molar-refractivity contribution < 1.29 is 9.09 Å². The van der Waals surface area contributed by atoms with Crippen LogP contribution < -0.4 is 5.30 Å². The molecule has 1 aromatic carbocycles. The Morgan fingerprint density at radius 3 is 2.79 bits per heavy atom. The summed E-state index contributed by atoms with van der Waals surface area (Å²) in [6.45, 7) is 2.33. The van der Waals surface area contributed by atoms with Gasteiger partial charge >= 0.3 is 8.03 Å². The van der Waals surface area contributed by atoms with Crippen molar-refractivity contribution in [3.8, 4) is 0 Å². The van der Waals surface area contributed by atoms with Gasteiger partial charge in [0.2, 0.25) is 5.30 Å². The molecule has 1 unspecified atom stereocenters. The SMILES string of the molecule is CCO[P+](=O)c1ccccc1CCBr. The Bertz CT molecular complexity index is 315. The van der Waals surface area contributed by atoms with Crippen LogP contribution in [0.2, 0.25) is 0 Å². The second-order valence-corrected chi connectivity index (χ2v) is 4.79. The number of rotatable bonds is 5. The predicted octanol–water partition coefficient (Wildman–Crippen LogP) is 3.03. The van der Waals surface area contributed by atoms with E-state index in [0.29, 0.717) is 6.61 Å². The maximum atomic E-state index is 11.7. The minimum absolute atomic E-state index is 0.484. The van der Waals surface area contributed by atoms with E-state index < -0.39 is 8.03 Å². The third kappa shape index (κ3) is 3.16. The summed E-state index contributed by atoms with van der Waals surface area (Å²) >= 11 is 3.37. The van der Waals surface area contributed by atoms with E-state index >= 15 is 0 Å². The van der Waals surface area contributed by atoms with E-state index in [1.54, 1.807) is 0 Å². The molecule has 0 saturated carbocycles. The normalized spacial score (nSPS) is 11.4. The van der Waals surface area contributed by atoms with Crippen molar-refractivity contribution >= 4 is 29.3 Å². The fourth-order valence-electron chi connectivity index (χ4n) is 1.19. The Kier molecular flexibility index (Phi) is 5.31. The number of hydrogen-bond acceptors (Lipinski definition) is 2. The third-order valence-electron chi connectivity index (χ3n) is 1.80. The van der Waals surface area contributed by atoms with Crippen LogP contribution in [-0.2, 0) is 15.5 Å². The summed E-state index contributed by atoms with van der Waals surface area (Å²) in [5.41, 5.74) is 1.10. The highest BCUT2D eigenvalue weighted by Crippen LogP contribution is 2.23. The van der Waals surface area contributed by atoms with Crippen LogP contribution in [0.4, 0.5) is 0 Å². The second-order valence-electron chi connectivity index (χ2n) is 2.74. The smallest absolute Gasteiger partial charge is 0.142 e. The van der Waals surface area contributed by atoms with Crippen LogP contribution >= 0.6 is 24.0 Å². The van der Waals surface area contributed by atoms with E-state index in [2.05, 4.69) is 15.9 Å². The Morgan fingerprint density at radius 1 is 1.43 bits per heavy atom. The van der Waals surface area contributed by atoms with Crippen molar-refractivity contribution in [1.29, 1.82) is 0 Å². The van der Waals surface area contributed by atoms with Crippen LogP contribution in [0.1, 0.15) is 12.5 Å². The topological polar surface area (TPSA) is 26.3 Å². The first kappa shape index (κ1) is 11.8. The molecule has 0 aliphatic heterocycles. The fraction of sp³-hybridized carbons (Fsp3) is 0.400. The molecule has 2 nitrogen and oxygen atoms in total. The van der Waals surface area contributed by atoms with Gasteiger partial charge in [-0.1, -0.05) is 34.1 Å². The number of hydrogen-bond donors (Lipinski definition) is 0. The lowest BCUT2D eigenvalue weighted by molar-refractivity contribution is 0.357. The largest absolute Gasteiger partial charge is 0.548 e. The molecule has 1 aromatic rings. The number of aryl methyl sites for hydroxylation is 1. The molecule has 76 valence electrons. The first-order valence-corrected chi connectivity index (χ1v) is 6.83. The van der Waals surface area contributed by atoms with Gasteiger partial charge in [0.05, 0.1) is 0 Å². The second kappa shape index (κ2) is 6.28. The minimum atomic E-state index is -1.68.